The lowest BCUT2D eigenvalue weighted by Crippen LogP contribution is -2.17. The molecule has 0 heterocycles. The van der Waals surface area contributed by atoms with Crippen LogP contribution >= 0.6 is 22.6 Å². The van der Waals surface area contributed by atoms with Crippen LogP contribution in [0, 0.1) is 23.7 Å². The van der Waals surface area contributed by atoms with Crippen LogP contribution in [0.5, 0.6) is 0 Å². The molecule has 0 saturated heterocycles. The molecule has 0 radical (unpaired) electrons. The molecule has 1 heteroatoms. The average Bonchev–Trinajstić information content (AvgIpc) is 2.69. The molecule has 0 aromatic carbocycles. The van der Waals surface area contributed by atoms with Crippen LogP contribution in [0.3, 0.4) is 0 Å². The lowest BCUT2D eigenvalue weighted by atomic mass is 9.88. The molecule has 0 aromatic rings. The second-order valence-electron chi connectivity index (χ2n) is 6.73. The van der Waals surface area contributed by atoms with Gasteiger partial charge in [-0.15, -0.1) is 0 Å². The monoisotopic (exact) mass is 334 g/mol. The van der Waals surface area contributed by atoms with Crippen LogP contribution < -0.4 is 0 Å². The molecule has 0 bridgehead atoms. The Labute approximate surface area is 115 Å². The summed E-state index contributed by atoms with van der Waals surface area (Å²) in [5.41, 5.74) is 0. The summed E-state index contributed by atoms with van der Waals surface area (Å²) < 4.78 is 0.587. The van der Waals surface area contributed by atoms with Crippen molar-refractivity contribution in [3.8, 4) is 0 Å². The van der Waals surface area contributed by atoms with Crippen molar-refractivity contribution in [3.05, 3.63) is 0 Å². The van der Waals surface area contributed by atoms with Gasteiger partial charge in [0.2, 0.25) is 0 Å². The largest absolute Gasteiger partial charge is 0.0789 e. The first kappa shape index (κ1) is 13.2. The Kier molecular flexibility index (Phi) is 4.24. The Balaban J connectivity index is 1.75. The van der Waals surface area contributed by atoms with Crippen molar-refractivity contribution < 1.29 is 0 Å². The highest BCUT2D eigenvalue weighted by atomic mass is 127. The van der Waals surface area contributed by atoms with Gasteiger partial charge in [-0.3, -0.25) is 0 Å². The number of hydrogen-bond donors (Lipinski definition) is 0. The third kappa shape index (κ3) is 2.94. The molecule has 5 atom stereocenters. The number of alkyl halides is 1. The summed E-state index contributed by atoms with van der Waals surface area (Å²) in [7, 11) is 0. The summed E-state index contributed by atoms with van der Waals surface area (Å²) in [6.45, 7) is 7.37. The first-order chi connectivity index (χ1) is 7.49. The molecule has 0 aliphatic heterocycles. The van der Waals surface area contributed by atoms with Crippen LogP contribution in [0.2, 0.25) is 0 Å². The zero-order chi connectivity index (χ0) is 11.8. The zero-order valence-electron chi connectivity index (χ0n) is 11.1. The lowest BCUT2D eigenvalue weighted by Gasteiger charge is -2.21. The molecular weight excluding hydrogens is 307 g/mol. The maximum absolute atomic E-state index is 2.70. The molecule has 0 amide bonds. The van der Waals surface area contributed by atoms with Gasteiger partial charge in [-0.05, 0) is 42.9 Å². The molecule has 2 aliphatic carbocycles. The van der Waals surface area contributed by atoms with Gasteiger partial charge in [0.1, 0.15) is 0 Å². The summed E-state index contributed by atoms with van der Waals surface area (Å²) in [5.74, 6) is 4.05. The van der Waals surface area contributed by atoms with E-state index < -0.39 is 0 Å². The van der Waals surface area contributed by atoms with E-state index in [2.05, 4.69) is 43.4 Å². The van der Waals surface area contributed by atoms with Crippen molar-refractivity contribution in [2.75, 3.05) is 0 Å². The molecular formula is C15H27I. The Morgan fingerprint density at radius 3 is 2.44 bits per heavy atom. The highest BCUT2D eigenvalue weighted by molar-refractivity contribution is 14.1. The van der Waals surface area contributed by atoms with Gasteiger partial charge >= 0.3 is 0 Å². The summed E-state index contributed by atoms with van der Waals surface area (Å²) in [6.07, 6.45) is 10.5. The van der Waals surface area contributed by atoms with Crippen molar-refractivity contribution in [1.29, 1.82) is 0 Å². The molecule has 2 saturated carbocycles. The van der Waals surface area contributed by atoms with E-state index in [1.807, 2.05) is 0 Å². The average molecular weight is 334 g/mol. The Morgan fingerprint density at radius 2 is 1.94 bits per heavy atom. The molecule has 0 aromatic heterocycles. The third-order valence-electron chi connectivity index (χ3n) is 5.39. The van der Waals surface area contributed by atoms with Gasteiger partial charge in [-0.25, -0.2) is 0 Å². The van der Waals surface area contributed by atoms with Crippen LogP contribution in [0.4, 0.5) is 0 Å². The van der Waals surface area contributed by atoms with Gasteiger partial charge in [0, 0.05) is 3.42 Å². The minimum absolute atomic E-state index is 0.587. The Hall–Kier alpha value is 0.730. The molecule has 2 rings (SSSR count). The highest BCUT2D eigenvalue weighted by Crippen LogP contribution is 2.48. The fourth-order valence-corrected chi connectivity index (χ4v) is 4.79. The molecule has 2 fully saturated rings. The van der Waals surface area contributed by atoms with Gasteiger partial charge in [-0.1, -0.05) is 69.0 Å². The fourth-order valence-electron chi connectivity index (χ4n) is 3.92. The van der Waals surface area contributed by atoms with E-state index >= 15 is 0 Å². The van der Waals surface area contributed by atoms with E-state index in [9.17, 15) is 0 Å². The van der Waals surface area contributed by atoms with Gasteiger partial charge in [0.25, 0.3) is 0 Å². The van der Waals surface area contributed by atoms with Crippen LogP contribution in [-0.2, 0) is 0 Å². The van der Waals surface area contributed by atoms with Gasteiger partial charge in [0.05, 0.1) is 0 Å². The van der Waals surface area contributed by atoms with E-state index in [0.29, 0.717) is 3.42 Å². The summed E-state index contributed by atoms with van der Waals surface area (Å²) in [4.78, 5) is 0. The molecule has 0 nitrogen and oxygen atoms in total. The second kappa shape index (κ2) is 5.16. The highest BCUT2D eigenvalue weighted by Gasteiger charge is 2.39. The summed E-state index contributed by atoms with van der Waals surface area (Å²) in [6, 6.07) is 0. The van der Waals surface area contributed by atoms with Crippen molar-refractivity contribution >= 4 is 22.6 Å². The van der Waals surface area contributed by atoms with Gasteiger partial charge < -0.3 is 0 Å². The number of rotatable bonds is 3. The molecule has 0 spiro atoms. The van der Waals surface area contributed by atoms with Crippen molar-refractivity contribution in [1.82, 2.24) is 0 Å². The topological polar surface area (TPSA) is 0 Å². The van der Waals surface area contributed by atoms with Gasteiger partial charge in [0.15, 0.2) is 0 Å². The van der Waals surface area contributed by atoms with Crippen LogP contribution in [0.25, 0.3) is 0 Å². The molecule has 2 aliphatic rings. The van der Waals surface area contributed by atoms with Crippen LogP contribution in [0.1, 0.15) is 65.7 Å². The Bertz CT molecular complexity index is 234. The lowest BCUT2D eigenvalue weighted by molar-refractivity contribution is 0.339. The van der Waals surface area contributed by atoms with Crippen molar-refractivity contribution in [2.45, 2.75) is 69.1 Å². The van der Waals surface area contributed by atoms with E-state index in [1.54, 1.807) is 0 Å². The van der Waals surface area contributed by atoms with E-state index in [4.69, 9.17) is 0 Å². The van der Waals surface area contributed by atoms with E-state index in [-0.39, 0.29) is 0 Å². The van der Waals surface area contributed by atoms with E-state index in [1.165, 1.54) is 44.9 Å². The minimum Gasteiger partial charge on any atom is -0.0789 e. The predicted molar refractivity (Wildman–Crippen MR) is 80.1 cm³/mol. The van der Waals surface area contributed by atoms with Crippen molar-refractivity contribution in [3.63, 3.8) is 0 Å². The van der Waals surface area contributed by atoms with Crippen LogP contribution in [-0.4, -0.2) is 3.42 Å². The number of hydrogen-bond acceptors (Lipinski definition) is 0. The summed E-state index contributed by atoms with van der Waals surface area (Å²) >= 11 is 2.70. The fraction of sp³-hybridized carbons (Fsp3) is 1.00. The maximum Gasteiger partial charge on any atom is 0.0222 e. The SMILES string of the molecule is CC1CCCC1CCC1CC(C)C(C)(I)C1. The minimum atomic E-state index is 0.587. The zero-order valence-corrected chi connectivity index (χ0v) is 13.3. The second-order valence-corrected chi connectivity index (χ2v) is 9.19. The standard InChI is InChI=1S/C15H27I/c1-11-5-4-6-14(11)8-7-13-9-12(2)15(3,16)10-13/h11-14H,4-10H2,1-3H3. The van der Waals surface area contributed by atoms with Gasteiger partial charge in [-0.2, -0.15) is 0 Å². The predicted octanol–water partition coefficient (Wildman–Crippen LogP) is 5.44. The first-order valence-electron chi connectivity index (χ1n) is 7.18. The third-order valence-corrected chi connectivity index (χ3v) is 6.89. The normalized spacial score (nSPS) is 48.8. The number of halogens is 1. The Morgan fingerprint density at radius 1 is 1.19 bits per heavy atom. The quantitative estimate of drug-likeness (QED) is 0.476. The van der Waals surface area contributed by atoms with Crippen molar-refractivity contribution in [2.24, 2.45) is 23.7 Å². The molecule has 16 heavy (non-hydrogen) atoms. The van der Waals surface area contributed by atoms with E-state index in [0.717, 1.165) is 23.7 Å². The van der Waals surface area contributed by atoms with Crippen LogP contribution in [0.15, 0.2) is 0 Å². The smallest absolute Gasteiger partial charge is 0.0222 e. The molecule has 0 N–H and O–H groups in total. The summed E-state index contributed by atoms with van der Waals surface area (Å²) in [5, 5.41) is 0. The molecule has 94 valence electrons. The maximum atomic E-state index is 2.70. The molecule has 5 unspecified atom stereocenters. The first-order valence-corrected chi connectivity index (χ1v) is 8.26.